The van der Waals surface area contributed by atoms with Crippen molar-refractivity contribution < 1.29 is 9.53 Å². The van der Waals surface area contributed by atoms with E-state index in [0.29, 0.717) is 19.1 Å². The van der Waals surface area contributed by atoms with Crippen LogP contribution in [0.4, 0.5) is 0 Å². The number of nitrogens with one attached hydrogen (secondary N) is 1. The Kier molecular flexibility index (Phi) is 7.96. The summed E-state index contributed by atoms with van der Waals surface area (Å²) in [6, 6.07) is 16.0. The summed E-state index contributed by atoms with van der Waals surface area (Å²) in [5.74, 6) is 1.45. The summed E-state index contributed by atoms with van der Waals surface area (Å²) in [7, 11) is 0. The lowest BCUT2D eigenvalue weighted by atomic mass is 9.96. The lowest BCUT2D eigenvalue weighted by Crippen LogP contribution is -2.43. The number of hydrogen-bond acceptors (Lipinski definition) is 3. The van der Waals surface area contributed by atoms with E-state index in [1.54, 1.807) is 0 Å². The van der Waals surface area contributed by atoms with Gasteiger partial charge in [0.25, 0.3) is 0 Å². The topological polar surface area (TPSA) is 41.6 Å². The van der Waals surface area contributed by atoms with Crippen LogP contribution in [0.2, 0.25) is 5.02 Å². The van der Waals surface area contributed by atoms with E-state index in [4.69, 9.17) is 16.3 Å². The summed E-state index contributed by atoms with van der Waals surface area (Å²) in [6.45, 7) is 7.87. The number of carbonyl (C=O) groups is 1. The van der Waals surface area contributed by atoms with Crippen molar-refractivity contribution in [1.82, 2.24) is 10.2 Å². The van der Waals surface area contributed by atoms with Gasteiger partial charge in [0.2, 0.25) is 5.91 Å². The summed E-state index contributed by atoms with van der Waals surface area (Å²) < 4.78 is 5.91. The minimum atomic E-state index is 0.0224. The summed E-state index contributed by atoms with van der Waals surface area (Å²) >= 11 is 6.29. The van der Waals surface area contributed by atoms with E-state index >= 15 is 0 Å². The van der Waals surface area contributed by atoms with Crippen LogP contribution in [0.25, 0.3) is 0 Å². The molecule has 0 aliphatic carbocycles. The van der Waals surface area contributed by atoms with E-state index in [9.17, 15) is 4.79 Å². The molecule has 0 spiro atoms. The predicted octanol–water partition coefficient (Wildman–Crippen LogP) is 4.87. The second-order valence-corrected chi connectivity index (χ2v) is 8.40. The van der Waals surface area contributed by atoms with E-state index in [-0.39, 0.29) is 11.8 Å². The summed E-state index contributed by atoms with van der Waals surface area (Å²) in [4.78, 5) is 15.0. The van der Waals surface area contributed by atoms with Gasteiger partial charge < -0.3 is 10.1 Å². The maximum atomic E-state index is 12.6. The van der Waals surface area contributed by atoms with Crippen LogP contribution in [0.15, 0.2) is 48.5 Å². The number of benzene rings is 2. The van der Waals surface area contributed by atoms with E-state index in [0.717, 1.165) is 48.8 Å². The Morgan fingerprint density at radius 3 is 2.76 bits per heavy atom. The molecule has 3 rings (SSSR count). The highest BCUT2D eigenvalue weighted by molar-refractivity contribution is 6.31. The van der Waals surface area contributed by atoms with Crippen LogP contribution in [-0.4, -0.2) is 37.0 Å². The molecule has 0 saturated carbocycles. The number of halogens is 1. The number of amides is 1. The SMILES string of the molecule is CC(C)c1ccccc1OCCNC(=O)[C@@H]1CCCN(Cc2ccccc2Cl)C1. The van der Waals surface area contributed by atoms with Crippen molar-refractivity contribution in [3.8, 4) is 5.75 Å². The van der Waals surface area contributed by atoms with Gasteiger partial charge in [0.15, 0.2) is 0 Å². The molecular formula is C24H31ClN2O2. The lowest BCUT2D eigenvalue weighted by Gasteiger charge is -2.32. The van der Waals surface area contributed by atoms with Crippen LogP contribution < -0.4 is 10.1 Å². The normalized spacial score (nSPS) is 17.3. The average Bonchev–Trinajstić information content (AvgIpc) is 2.73. The zero-order valence-electron chi connectivity index (χ0n) is 17.4. The number of carbonyl (C=O) groups excluding carboxylic acids is 1. The van der Waals surface area contributed by atoms with Gasteiger partial charge in [-0.25, -0.2) is 0 Å². The third-order valence-electron chi connectivity index (χ3n) is 5.43. The monoisotopic (exact) mass is 414 g/mol. The van der Waals surface area contributed by atoms with Crippen LogP contribution in [0.3, 0.4) is 0 Å². The summed E-state index contributed by atoms with van der Waals surface area (Å²) in [5, 5.41) is 3.84. The molecule has 156 valence electrons. The van der Waals surface area contributed by atoms with Crippen LogP contribution in [0.5, 0.6) is 5.75 Å². The number of likely N-dealkylation sites (tertiary alicyclic amines) is 1. The van der Waals surface area contributed by atoms with Gasteiger partial charge in [-0.1, -0.05) is 61.8 Å². The number of rotatable bonds is 8. The molecule has 0 bridgehead atoms. The Balaban J connectivity index is 1.44. The van der Waals surface area contributed by atoms with Crippen molar-refractivity contribution >= 4 is 17.5 Å². The molecule has 1 atom stereocenters. The Bertz CT molecular complexity index is 809. The van der Waals surface area contributed by atoms with Crippen molar-refractivity contribution in [3.63, 3.8) is 0 Å². The molecule has 1 aliphatic rings. The molecule has 29 heavy (non-hydrogen) atoms. The van der Waals surface area contributed by atoms with Crippen LogP contribution in [-0.2, 0) is 11.3 Å². The van der Waals surface area contributed by atoms with Gasteiger partial charge in [-0.3, -0.25) is 9.69 Å². The maximum Gasteiger partial charge on any atom is 0.224 e. The first kappa shape index (κ1) is 21.7. The molecule has 0 aromatic heterocycles. The highest BCUT2D eigenvalue weighted by atomic mass is 35.5. The van der Waals surface area contributed by atoms with Gasteiger partial charge in [-0.15, -0.1) is 0 Å². The maximum absolute atomic E-state index is 12.6. The van der Waals surface area contributed by atoms with Crippen LogP contribution >= 0.6 is 11.6 Å². The van der Waals surface area contributed by atoms with Crippen molar-refractivity contribution in [2.45, 2.75) is 39.2 Å². The highest BCUT2D eigenvalue weighted by Crippen LogP contribution is 2.26. The average molecular weight is 415 g/mol. The molecule has 2 aromatic carbocycles. The smallest absolute Gasteiger partial charge is 0.224 e. The van der Waals surface area contributed by atoms with Crippen LogP contribution in [0, 0.1) is 5.92 Å². The minimum Gasteiger partial charge on any atom is -0.491 e. The van der Waals surface area contributed by atoms with Gasteiger partial charge in [0.05, 0.1) is 12.5 Å². The predicted molar refractivity (Wildman–Crippen MR) is 118 cm³/mol. The largest absolute Gasteiger partial charge is 0.491 e. The lowest BCUT2D eigenvalue weighted by molar-refractivity contribution is -0.126. The van der Waals surface area contributed by atoms with E-state index in [1.165, 1.54) is 5.56 Å². The quantitative estimate of drug-likeness (QED) is 0.626. The number of ether oxygens (including phenoxy) is 1. The molecular weight excluding hydrogens is 384 g/mol. The first-order valence-electron chi connectivity index (χ1n) is 10.5. The molecule has 4 nitrogen and oxygen atoms in total. The molecule has 2 aromatic rings. The van der Waals surface area contributed by atoms with Gasteiger partial charge in [-0.2, -0.15) is 0 Å². The molecule has 5 heteroatoms. The molecule has 1 heterocycles. The molecule has 1 aliphatic heterocycles. The first-order chi connectivity index (χ1) is 14.0. The Hall–Kier alpha value is -2.04. The molecule has 0 unspecified atom stereocenters. The fourth-order valence-electron chi connectivity index (χ4n) is 3.85. The Morgan fingerprint density at radius 2 is 1.97 bits per heavy atom. The van der Waals surface area contributed by atoms with Gasteiger partial charge in [0.1, 0.15) is 12.4 Å². The highest BCUT2D eigenvalue weighted by Gasteiger charge is 2.25. The van der Waals surface area contributed by atoms with Crippen molar-refractivity contribution in [3.05, 3.63) is 64.7 Å². The van der Waals surface area contributed by atoms with Gasteiger partial charge in [0, 0.05) is 18.1 Å². The Morgan fingerprint density at radius 1 is 1.21 bits per heavy atom. The van der Waals surface area contributed by atoms with Crippen molar-refractivity contribution in [1.29, 1.82) is 0 Å². The standard InChI is InChI=1S/C24H31ClN2O2/c1-18(2)21-10-4-6-12-23(21)29-15-13-26-24(28)20-9-7-14-27(17-20)16-19-8-3-5-11-22(19)25/h3-6,8,10-12,18,20H,7,9,13-17H2,1-2H3,(H,26,28)/t20-/m1/s1. The van der Waals surface area contributed by atoms with Crippen LogP contribution in [0.1, 0.15) is 43.7 Å². The molecule has 1 N–H and O–H groups in total. The number of piperidine rings is 1. The summed E-state index contributed by atoms with van der Waals surface area (Å²) in [5.41, 5.74) is 2.31. The fourth-order valence-corrected chi connectivity index (χ4v) is 4.04. The Labute approximate surface area is 179 Å². The van der Waals surface area contributed by atoms with E-state index in [2.05, 4.69) is 36.2 Å². The number of nitrogens with zero attached hydrogens (tertiary/aromatic N) is 1. The van der Waals surface area contributed by atoms with E-state index < -0.39 is 0 Å². The van der Waals surface area contributed by atoms with Crippen molar-refractivity contribution in [2.24, 2.45) is 5.92 Å². The van der Waals surface area contributed by atoms with Gasteiger partial charge >= 0.3 is 0 Å². The number of hydrogen-bond donors (Lipinski definition) is 1. The summed E-state index contributed by atoms with van der Waals surface area (Å²) in [6.07, 6.45) is 1.96. The second kappa shape index (κ2) is 10.7. The zero-order valence-corrected chi connectivity index (χ0v) is 18.1. The van der Waals surface area contributed by atoms with Gasteiger partial charge in [-0.05, 0) is 48.6 Å². The zero-order chi connectivity index (χ0) is 20.6. The second-order valence-electron chi connectivity index (χ2n) is 8.00. The molecule has 1 saturated heterocycles. The van der Waals surface area contributed by atoms with E-state index in [1.807, 2.05) is 36.4 Å². The minimum absolute atomic E-state index is 0.0224. The van der Waals surface area contributed by atoms with Crippen molar-refractivity contribution in [2.75, 3.05) is 26.2 Å². The third-order valence-corrected chi connectivity index (χ3v) is 5.80. The molecule has 0 radical (unpaired) electrons. The first-order valence-corrected chi connectivity index (χ1v) is 10.9. The third kappa shape index (κ3) is 6.22. The molecule has 1 fully saturated rings. The molecule has 1 amide bonds. The number of para-hydroxylation sites is 1. The fraction of sp³-hybridized carbons (Fsp3) is 0.458.